The fourth-order valence-electron chi connectivity index (χ4n) is 1.72. The van der Waals surface area contributed by atoms with Crippen molar-refractivity contribution in [2.24, 2.45) is 0 Å². The molecule has 0 bridgehead atoms. The van der Waals surface area contributed by atoms with E-state index in [-0.39, 0.29) is 18.0 Å². The summed E-state index contributed by atoms with van der Waals surface area (Å²) in [5.41, 5.74) is 0.233. The lowest BCUT2D eigenvalue weighted by atomic mass is 9.99. The van der Waals surface area contributed by atoms with Crippen LogP contribution in [0.15, 0.2) is 24.3 Å². The van der Waals surface area contributed by atoms with Crippen LogP contribution in [0.4, 0.5) is 13.6 Å². The highest BCUT2D eigenvalue weighted by Gasteiger charge is 2.47. The predicted octanol–water partition coefficient (Wildman–Crippen LogP) is 2.53. The largest absolute Gasteiger partial charge is 0.496 e. The Hall–Kier alpha value is -1.56. The van der Waals surface area contributed by atoms with Gasteiger partial charge in [0.1, 0.15) is 11.8 Å². The lowest BCUT2D eigenvalue weighted by Crippen LogP contribution is -2.49. The molecule has 1 heterocycles. The van der Waals surface area contributed by atoms with Gasteiger partial charge in [-0.2, -0.15) is 0 Å². The Morgan fingerprint density at radius 3 is 2.78 bits per heavy atom. The molecule has 0 radical (unpaired) electrons. The standard InChI is InChI=1S/C11H11F2NO3.ClH/c1-16-8-5-3-2-4-7(8)9-11(12,13)6-17-10(15)14-9;/h2-5,9H,6H2,1H3,(H,14,15);1H/t9-;/m1./s1. The summed E-state index contributed by atoms with van der Waals surface area (Å²) in [6.45, 7) is -0.929. The molecular formula is C11H12ClF2NO3. The molecule has 1 fully saturated rings. The van der Waals surface area contributed by atoms with E-state index in [1.807, 2.05) is 0 Å². The number of methoxy groups -OCH3 is 1. The summed E-state index contributed by atoms with van der Waals surface area (Å²) < 4.78 is 36.6. The summed E-state index contributed by atoms with van der Waals surface area (Å²) in [5, 5.41) is 2.11. The molecule has 1 N–H and O–H groups in total. The van der Waals surface area contributed by atoms with Gasteiger partial charge in [-0.3, -0.25) is 0 Å². The second-order valence-corrected chi connectivity index (χ2v) is 3.66. The normalized spacial score (nSPS) is 21.3. The molecule has 4 nitrogen and oxygen atoms in total. The van der Waals surface area contributed by atoms with Gasteiger partial charge in [-0.1, -0.05) is 18.2 Å². The summed E-state index contributed by atoms with van der Waals surface area (Å²) in [5.74, 6) is -2.86. The van der Waals surface area contributed by atoms with Crippen molar-refractivity contribution in [2.75, 3.05) is 13.7 Å². The molecule has 0 saturated carbocycles. The monoisotopic (exact) mass is 279 g/mol. The average molecular weight is 280 g/mol. The number of rotatable bonds is 2. The maximum Gasteiger partial charge on any atom is 0.408 e. The van der Waals surface area contributed by atoms with Crippen molar-refractivity contribution < 1.29 is 23.0 Å². The van der Waals surface area contributed by atoms with Crippen LogP contribution in [0.1, 0.15) is 11.6 Å². The van der Waals surface area contributed by atoms with Crippen LogP contribution in [0.3, 0.4) is 0 Å². The van der Waals surface area contributed by atoms with Gasteiger partial charge in [0.25, 0.3) is 0 Å². The number of hydrogen-bond donors (Lipinski definition) is 1. The van der Waals surface area contributed by atoms with Crippen LogP contribution in [0.2, 0.25) is 0 Å². The van der Waals surface area contributed by atoms with Crippen molar-refractivity contribution in [1.29, 1.82) is 0 Å². The number of ether oxygens (including phenoxy) is 2. The van der Waals surface area contributed by atoms with Crippen LogP contribution in [-0.2, 0) is 4.74 Å². The summed E-state index contributed by atoms with van der Waals surface area (Å²) >= 11 is 0. The molecule has 0 unspecified atom stereocenters. The minimum atomic E-state index is -3.16. The molecule has 18 heavy (non-hydrogen) atoms. The number of carbonyl (C=O) groups excluding carboxylic acids is 1. The number of alkyl carbamates (subject to hydrolysis) is 1. The number of nitrogens with one attached hydrogen (secondary N) is 1. The summed E-state index contributed by atoms with van der Waals surface area (Å²) in [6.07, 6.45) is -0.855. The lowest BCUT2D eigenvalue weighted by Gasteiger charge is -2.32. The first-order valence-electron chi connectivity index (χ1n) is 4.98. The Morgan fingerprint density at radius 1 is 1.44 bits per heavy atom. The van der Waals surface area contributed by atoms with E-state index in [0.29, 0.717) is 5.75 Å². The number of alkyl halides is 2. The molecule has 100 valence electrons. The SMILES string of the molecule is COc1ccccc1[C@H]1NC(=O)OCC1(F)F.Cl. The molecule has 2 rings (SSSR count). The van der Waals surface area contributed by atoms with E-state index >= 15 is 0 Å². The molecule has 1 aromatic carbocycles. The maximum atomic E-state index is 13.6. The zero-order valence-corrected chi connectivity index (χ0v) is 10.3. The molecule has 1 aliphatic rings. The third-order valence-corrected chi connectivity index (χ3v) is 2.53. The molecule has 1 amide bonds. The van der Waals surface area contributed by atoms with Crippen LogP contribution in [0.5, 0.6) is 5.75 Å². The van der Waals surface area contributed by atoms with Crippen molar-refractivity contribution in [1.82, 2.24) is 5.32 Å². The smallest absolute Gasteiger partial charge is 0.408 e. The first kappa shape index (κ1) is 14.5. The Morgan fingerprint density at radius 2 is 2.11 bits per heavy atom. The molecular weight excluding hydrogens is 268 g/mol. The number of benzene rings is 1. The summed E-state index contributed by atoms with van der Waals surface area (Å²) in [6, 6.07) is 4.90. The first-order valence-corrected chi connectivity index (χ1v) is 4.98. The zero-order valence-electron chi connectivity index (χ0n) is 9.48. The van der Waals surface area contributed by atoms with Crippen LogP contribution >= 0.6 is 12.4 Å². The molecule has 0 spiro atoms. The van der Waals surface area contributed by atoms with Gasteiger partial charge < -0.3 is 14.8 Å². The zero-order chi connectivity index (χ0) is 12.5. The van der Waals surface area contributed by atoms with Crippen LogP contribution in [0, 0.1) is 0 Å². The van der Waals surface area contributed by atoms with E-state index in [0.717, 1.165) is 0 Å². The fourth-order valence-corrected chi connectivity index (χ4v) is 1.72. The van der Waals surface area contributed by atoms with Crippen molar-refractivity contribution >= 4 is 18.5 Å². The van der Waals surface area contributed by atoms with E-state index in [1.165, 1.54) is 13.2 Å². The van der Waals surface area contributed by atoms with Crippen molar-refractivity contribution in [3.63, 3.8) is 0 Å². The highest BCUT2D eigenvalue weighted by atomic mass is 35.5. The molecule has 1 aliphatic heterocycles. The van der Waals surface area contributed by atoms with Gasteiger partial charge in [-0.15, -0.1) is 12.4 Å². The maximum absolute atomic E-state index is 13.6. The first-order chi connectivity index (χ1) is 8.04. The van der Waals surface area contributed by atoms with E-state index in [9.17, 15) is 13.6 Å². The topological polar surface area (TPSA) is 47.6 Å². The van der Waals surface area contributed by atoms with Gasteiger partial charge in [0.2, 0.25) is 0 Å². The fraction of sp³-hybridized carbons (Fsp3) is 0.364. The van der Waals surface area contributed by atoms with E-state index in [2.05, 4.69) is 10.1 Å². The van der Waals surface area contributed by atoms with Crippen LogP contribution < -0.4 is 10.1 Å². The highest BCUT2D eigenvalue weighted by Crippen LogP contribution is 2.38. The second kappa shape index (κ2) is 5.39. The van der Waals surface area contributed by atoms with Crippen molar-refractivity contribution in [3.05, 3.63) is 29.8 Å². The van der Waals surface area contributed by atoms with E-state index < -0.39 is 24.7 Å². The minimum absolute atomic E-state index is 0. The highest BCUT2D eigenvalue weighted by molar-refractivity contribution is 5.85. The Bertz CT molecular complexity index is 442. The molecule has 1 saturated heterocycles. The number of hydrogen-bond acceptors (Lipinski definition) is 3. The quantitative estimate of drug-likeness (QED) is 0.905. The van der Waals surface area contributed by atoms with Crippen LogP contribution in [-0.4, -0.2) is 25.7 Å². The molecule has 0 aliphatic carbocycles. The Balaban J connectivity index is 0.00000162. The van der Waals surface area contributed by atoms with Gasteiger partial charge >= 0.3 is 12.0 Å². The predicted molar refractivity (Wildman–Crippen MR) is 62.4 cm³/mol. The second-order valence-electron chi connectivity index (χ2n) is 3.66. The number of cyclic esters (lactones) is 1. The molecule has 1 atom stereocenters. The minimum Gasteiger partial charge on any atom is -0.496 e. The number of para-hydroxylation sites is 1. The van der Waals surface area contributed by atoms with E-state index in [1.54, 1.807) is 18.2 Å². The number of halogens is 3. The third kappa shape index (κ3) is 2.64. The van der Waals surface area contributed by atoms with Gasteiger partial charge in [0.15, 0.2) is 6.61 Å². The molecule has 0 aromatic heterocycles. The van der Waals surface area contributed by atoms with Crippen molar-refractivity contribution in [2.45, 2.75) is 12.0 Å². The van der Waals surface area contributed by atoms with Gasteiger partial charge in [-0.25, -0.2) is 13.6 Å². The molecule has 1 aromatic rings. The van der Waals surface area contributed by atoms with E-state index in [4.69, 9.17) is 4.74 Å². The number of amides is 1. The molecule has 7 heteroatoms. The Kier molecular flexibility index (Phi) is 4.34. The van der Waals surface area contributed by atoms with Crippen LogP contribution in [0.25, 0.3) is 0 Å². The number of carbonyl (C=O) groups is 1. The average Bonchev–Trinajstić information content (AvgIpc) is 2.32. The Labute approximate surface area is 109 Å². The summed E-state index contributed by atoms with van der Waals surface area (Å²) in [7, 11) is 1.39. The van der Waals surface area contributed by atoms with Gasteiger partial charge in [-0.05, 0) is 6.07 Å². The van der Waals surface area contributed by atoms with Gasteiger partial charge in [0, 0.05) is 5.56 Å². The van der Waals surface area contributed by atoms with Gasteiger partial charge in [0.05, 0.1) is 7.11 Å². The van der Waals surface area contributed by atoms with Crippen molar-refractivity contribution in [3.8, 4) is 5.75 Å². The summed E-state index contributed by atoms with van der Waals surface area (Å²) in [4.78, 5) is 11.0. The third-order valence-electron chi connectivity index (χ3n) is 2.53. The lowest BCUT2D eigenvalue weighted by molar-refractivity contribution is -0.104.